The third-order valence-electron chi connectivity index (χ3n) is 0.874. The average molecular weight is 147 g/mol. The van der Waals surface area contributed by atoms with E-state index in [2.05, 4.69) is 4.74 Å². The molecule has 9 heavy (non-hydrogen) atoms. The Bertz CT molecular complexity index is 185. The number of carbonyl (C=O) groups excluding carboxylic acids is 2. The molecule has 0 amide bonds. The molecule has 0 spiro atoms. The van der Waals surface area contributed by atoms with Gasteiger partial charge in [0.05, 0.1) is 0 Å². The van der Waals surface area contributed by atoms with Crippen LogP contribution in [-0.2, 0) is 14.3 Å². The highest BCUT2D eigenvalue weighted by Gasteiger charge is 2.21. The Kier molecular flexibility index (Phi) is 1.53. The lowest BCUT2D eigenvalue weighted by molar-refractivity contribution is -0.142. The maximum Gasteiger partial charge on any atom is 0.331 e. The SMILES string of the molecule is O=C1C=C[C@@H](C(=O)Cl)O1. The molecule has 4 heteroatoms. The monoisotopic (exact) mass is 146 g/mol. The van der Waals surface area contributed by atoms with Gasteiger partial charge in [-0.15, -0.1) is 0 Å². The van der Waals surface area contributed by atoms with Crippen LogP contribution >= 0.6 is 11.6 Å². The quantitative estimate of drug-likeness (QED) is 0.393. The summed E-state index contributed by atoms with van der Waals surface area (Å²) in [5, 5.41) is -0.669. The summed E-state index contributed by atoms with van der Waals surface area (Å²) < 4.78 is 4.39. The van der Waals surface area contributed by atoms with Crippen molar-refractivity contribution in [3.63, 3.8) is 0 Å². The maximum absolute atomic E-state index is 10.2. The van der Waals surface area contributed by atoms with Gasteiger partial charge in [0.25, 0.3) is 5.24 Å². The van der Waals surface area contributed by atoms with Crippen LogP contribution in [0.5, 0.6) is 0 Å². The lowest BCUT2D eigenvalue weighted by Crippen LogP contribution is -2.14. The zero-order valence-electron chi connectivity index (χ0n) is 4.33. The summed E-state index contributed by atoms with van der Waals surface area (Å²) in [7, 11) is 0. The second-order valence-corrected chi connectivity index (χ2v) is 1.89. The molecule has 48 valence electrons. The van der Waals surface area contributed by atoms with Gasteiger partial charge in [-0.2, -0.15) is 0 Å². The Morgan fingerprint density at radius 1 is 1.78 bits per heavy atom. The van der Waals surface area contributed by atoms with Crippen molar-refractivity contribution in [2.75, 3.05) is 0 Å². The van der Waals surface area contributed by atoms with Crippen molar-refractivity contribution in [3.05, 3.63) is 12.2 Å². The standard InChI is InChI=1S/C5H3ClO3/c6-5(8)3-1-2-4(7)9-3/h1-3H/t3-/m0/s1. The fraction of sp³-hybridized carbons (Fsp3) is 0.200. The van der Waals surface area contributed by atoms with E-state index in [0.29, 0.717) is 0 Å². The Labute approximate surface area is 56.2 Å². The summed E-state index contributed by atoms with van der Waals surface area (Å²) in [4.78, 5) is 20.5. The van der Waals surface area contributed by atoms with Crippen molar-refractivity contribution in [2.45, 2.75) is 6.10 Å². The molecule has 0 saturated carbocycles. The number of carbonyl (C=O) groups is 2. The second kappa shape index (κ2) is 2.19. The van der Waals surface area contributed by atoms with E-state index in [-0.39, 0.29) is 0 Å². The van der Waals surface area contributed by atoms with Gasteiger partial charge in [-0.05, 0) is 17.7 Å². The Morgan fingerprint density at radius 2 is 2.44 bits per heavy atom. The molecular formula is C5H3ClO3. The summed E-state index contributed by atoms with van der Waals surface area (Å²) in [5.74, 6) is -0.519. The molecule has 1 atom stereocenters. The number of rotatable bonds is 1. The highest BCUT2D eigenvalue weighted by atomic mass is 35.5. The molecule has 1 rings (SSSR count). The van der Waals surface area contributed by atoms with Crippen LogP contribution in [0.4, 0.5) is 0 Å². The van der Waals surface area contributed by atoms with E-state index in [1.165, 1.54) is 12.2 Å². The number of ether oxygens (including phenoxy) is 1. The lowest BCUT2D eigenvalue weighted by Gasteiger charge is -1.98. The smallest absolute Gasteiger partial charge is 0.331 e. The molecule has 3 nitrogen and oxygen atoms in total. The van der Waals surface area contributed by atoms with Gasteiger partial charge in [0.2, 0.25) is 0 Å². The van der Waals surface area contributed by atoms with Crippen LogP contribution in [0.15, 0.2) is 12.2 Å². The van der Waals surface area contributed by atoms with Crippen molar-refractivity contribution in [1.82, 2.24) is 0 Å². The predicted octanol–water partition coefficient (Wildman–Crippen LogP) is 0.233. The van der Waals surface area contributed by atoms with E-state index in [9.17, 15) is 9.59 Å². The number of hydrogen-bond acceptors (Lipinski definition) is 3. The third kappa shape index (κ3) is 1.29. The minimum Gasteiger partial charge on any atom is -0.445 e. The Balaban J connectivity index is 2.60. The second-order valence-electron chi connectivity index (χ2n) is 1.52. The van der Waals surface area contributed by atoms with Gasteiger partial charge in [-0.3, -0.25) is 4.79 Å². The molecule has 1 aliphatic rings. The van der Waals surface area contributed by atoms with E-state index in [0.717, 1.165) is 0 Å². The van der Waals surface area contributed by atoms with Crippen LogP contribution in [-0.4, -0.2) is 17.3 Å². The molecule has 0 aromatic heterocycles. The van der Waals surface area contributed by atoms with E-state index >= 15 is 0 Å². The van der Waals surface area contributed by atoms with Crippen LogP contribution in [0, 0.1) is 0 Å². The molecule has 0 aromatic rings. The van der Waals surface area contributed by atoms with E-state index < -0.39 is 17.3 Å². The summed E-state index contributed by atoms with van der Waals surface area (Å²) >= 11 is 4.98. The highest BCUT2D eigenvalue weighted by Crippen LogP contribution is 2.07. The minimum absolute atomic E-state index is 0.519. The summed E-state index contributed by atoms with van der Waals surface area (Å²) in [6, 6.07) is 0. The highest BCUT2D eigenvalue weighted by molar-refractivity contribution is 6.65. The van der Waals surface area contributed by atoms with Crippen LogP contribution in [0.1, 0.15) is 0 Å². The largest absolute Gasteiger partial charge is 0.445 e. The first-order chi connectivity index (χ1) is 4.20. The zero-order valence-corrected chi connectivity index (χ0v) is 5.09. The fourth-order valence-electron chi connectivity index (χ4n) is 0.492. The molecule has 0 fully saturated rings. The molecule has 0 unspecified atom stereocenters. The van der Waals surface area contributed by atoms with Gasteiger partial charge in [0, 0.05) is 6.08 Å². The van der Waals surface area contributed by atoms with Crippen molar-refractivity contribution < 1.29 is 14.3 Å². The molecule has 0 bridgehead atoms. The van der Waals surface area contributed by atoms with Crippen LogP contribution < -0.4 is 0 Å². The van der Waals surface area contributed by atoms with Gasteiger partial charge in [-0.25, -0.2) is 4.79 Å². The molecule has 1 aliphatic heterocycles. The normalized spacial score (nSPS) is 24.1. The molecule has 0 aromatic carbocycles. The number of halogens is 1. The third-order valence-corrected chi connectivity index (χ3v) is 1.09. The first-order valence-corrected chi connectivity index (χ1v) is 2.66. The number of hydrogen-bond donors (Lipinski definition) is 0. The van der Waals surface area contributed by atoms with Crippen molar-refractivity contribution >= 4 is 22.8 Å². The molecule has 0 saturated heterocycles. The van der Waals surface area contributed by atoms with Crippen LogP contribution in [0.3, 0.4) is 0 Å². The van der Waals surface area contributed by atoms with Gasteiger partial charge < -0.3 is 4.74 Å². The number of esters is 1. The maximum atomic E-state index is 10.2. The van der Waals surface area contributed by atoms with Gasteiger partial charge in [0.1, 0.15) is 0 Å². The first-order valence-electron chi connectivity index (χ1n) is 2.28. The van der Waals surface area contributed by atoms with Crippen LogP contribution in [0.2, 0.25) is 0 Å². The van der Waals surface area contributed by atoms with Gasteiger partial charge in [-0.1, -0.05) is 0 Å². The Morgan fingerprint density at radius 3 is 2.67 bits per heavy atom. The van der Waals surface area contributed by atoms with Crippen molar-refractivity contribution in [2.24, 2.45) is 0 Å². The summed E-state index contributed by atoms with van der Waals surface area (Å²) in [5.41, 5.74) is 0. The summed E-state index contributed by atoms with van der Waals surface area (Å²) in [6.07, 6.45) is 1.63. The van der Waals surface area contributed by atoms with E-state index in [1.807, 2.05) is 0 Å². The van der Waals surface area contributed by atoms with E-state index in [4.69, 9.17) is 11.6 Å². The summed E-state index contributed by atoms with van der Waals surface area (Å²) in [6.45, 7) is 0. The average Bonchev–Trinajstić information content (AvgIpc) is 2.14. The first kappa shape index (κ1) is 6.29. The molecule has 0 aliphatic carbocycles. The van der Waals surface area contributed by atoms with E-state index in [1.54, 1.807) is 0 Å². The van der Waals surface area contributed by atoms with Crippen molar-refractivity contribution in [1.29, 1.82) is 0 Å². The Hall–Kier alpha value is -0.830. The molecule has 0 radical (unpaired) electrons. The predicted molar refractivity (Wildman–Crippen MR) is 29.9 cm³/mol. The zero-order chi connectivity index (χ0) is 6.85. The minimum atomic E-state index is -0.862. The van der Waals surface area contributed by atoms with Gasteiger partial charge >= 0.3 is 5.97 Å². The topological polar surface area (TPSA) is 43.4 Å². The van der Waals surface area contributed by atoms with Crippen LogP contribution in [0.25, 0.3) is 0 Å². The molecule has 0 N–H and O–H groups in total. The van der Waals surface area contributed by atoms with Gasteiger partial charge in [0.15, 0.2) is 6.10 Å². The fourth-order valence-corrected chi connectivity index (χ4v) is 0.609. The lowest BCUT2D eigenvalue weighted by atomic mass is 10.4. The van der Waals surface area contributed by atoms with Crippen molar-refractivity contribution in [3.8, 4) is 0 Å². The molecule has 1 heterocycles. The molecular weight excluding hydrogens is 144 g/mol. The number of cyclic esters (lactones) is 1.